The van der Waals surface area contributed by atoms with Crippen LogP contribution in [0.15, 0.2) is 54.7 Å². The molecule has 0 saturated carbocycles. The van der Waals surface area contributed by atoms with Crippen LogP contribution in [0, 0.1) is 0 Å². The van der Waals surface area contributed by atoms with Crippen molar-refractivity contribution in [2.24, 2.45) is 0 Å². The number of nitrogens with one attached hydrogen (secondary N) is 1. The lowest BCUT2D eigenvalue weighted by atomic mass is 10.0. The predicted octanol–water partition coefficient (Wildman–Crippen LogP) is 3.45. The van der Waals surface area contributed by atoms with Gasteiger partial charge in [-0.1, -0.05) is 36.4 Å². The topological polar surface area (TPSA) is 60.0 Å². The largest absolute Gasteiger partial charge is 0.494 e. The Balaban J connectivity index is 1.65. The van der Waals surface area contributed by atoms with Gasteiger partial charge in [0, 0.05) is 0 Å². The Kier molecular flexibility index (Phi) is 4.34. The van der Waals surface area contributed by atoms with Crippen LogP contribution in [0.4, 0.5) is 0 Å². The molecule has 0 amide bonds. The van der Waals surface area contributed by atoms with Gasteiger partial charge in [0.2, 0.25) is 0 Å². The van der Waals surface area contributed by atoms with Crippen molar-refractivity contribution in [1.82, 2.24) is 15.4 Å². The zero-order valence-electron chi connectivity index (χ0n) is 12.3. The van der Waals surface area contributed by atoms with E-state index in [-0.39, 0.29) is 0 Å². The van der Waals surface area contributed by atoms with Gasteiger partial charge in [-0.25, -0.2) is 0 Å². The van der Waals surface area contributed by atoms with Gasteiger partial charge in [-0.3, -0.25) is 0 Å². The van der Waals surface area contributed by atoms with E-state index in [9.17, 15) is 0 Å². The van der Waals surface area contributed by atoms with E-state index in [1.165, 1.54) is 0 Å². The van der Waals surface area contributed by atoms with E-state index in [1.807, 2.05) is 31.2 Å². The van der Waals surface area contributed by atoms with E-state index < -0.39 is 0 Å². The van der Waals surface area contributed by atoms with E-state index in [2.05, 4.69) is 39.7 Å². The van der Waals surface area contributed by atoms with Crippen LogP contribution < -0.4 is 9.47 Å². The molecule has 0 aliphatic heterocycles. The molecule has 0 radical (unpaired) electrons. The number of aromatic amines is 1. The highest BCUT2D eigenvalue weighted by Crippen LogP contribution is 2.23. The minimum Gasteiger partial charge on any atom is -0.494 e. The fraction of sp³-hybridized carbons (Fsp3) is 0.176. The summed E-state index contributed by atoms with van der Waals surface area (Å²) in [5.41, 5.74) is 3.40. The third-order valence-electron chi connectivity index (χ3n) is 3.23. The van der Waals surface area contributed by atoms with Crippen molar-refractivity contribution in [1.29, 1.82) is 0 Å². The van der Waals surface area contributed by atoms with Crippen molar-refractivity contribution in [2.75, 3.05) is 6.61 Å². The Hall–Kier alpha value is -2.82. The molecule has 0 atom stereocenters. The minimum absolute atomic E-state index is 0.468. The fourth-order valence-corrected chi connectivity index (χ4v) is 2.12. The summed E-state index contributed by atoms with van der Waals surface area (Å²) in [6.45, 7) is 3.13. The number of aromatic nitrogens is 3. The third kappa shape index (κ3) is 3.44. The maximum absolute atomic E-state index is 5.50. The van der Waals surface area contributed by atoms with Crippen molar-refractivity contribution in [3.63, 3.8) is 0 Å². The lowest BCUT2D eigenvalue weighted by Gasteiger charge is -2.07. The smallest absolute Gasteiger partial charge is 0.253 e. The van der Waals surface area contributed by atoms with Gasteiger partial charge in [-0.05, 0) is 35.7 Å². The number of ether oxygens (including phenoxy) is 2. The molecule has 3 aromatic rings. The molecule has 22 heavy (non-hydrogen) atoms. The number of benzene rings is 2. The van der Waals surface area contributed by atoms with Gasteiger partial charge in [-0.15, -0.1) is 5.10 Å². The first-order valence-electron chi connectivity index (χ1n) is 7.16. The molecule has 1 N–H and O–H groups in total. The molecule has 0 aliphatic carbocycles. The van der Waals surface area contributed by atoms with E-state index in [1.54, 1.807) is 6.20 Å². The fourth-order valence-electron chi connectivity index (χ4n) is 2.12. The standard InChI is InChI=1S/C17H17N3O2/c1-2-21-16-9-7-15(8-10-16)14-5-3-13(4-6-14)12-22-17-11-18-20-19-17/h3-11H,2,12H2,1H3,(H,18,19,20). The highest BCUT2D eigenvalue weighted by Gasteiger charge is 2.01. The second-order valence-corrected chi connectivity index (χ2v) is 4.75. The zero-order chi connectivity index (χ0) is 15.2. The molecule has 0 spiro atoms. The summed E-state index contributed by atoms with van der Waals surface area (Å²) < 4.78 is 11.0. The molecule has 0 aliphatic rings. The average Bonchev–Trinajstić information content (AvgIpc) is 3.08. The Morgan fingerprint density at radius 2 is 1.59 bits per heavy atom. The van der Waals surface area contributed by atoms with Gasteiger partial charge in [0.05, 0.1) is 6.61 Å². The molecule has 5 heteroatoms. The first kappa shape index (κ1) is 14.1. The maximum Gasteiger partial charge on any atom is 0.253 e. The van der Waals surface area contributed by atoms with Crippen LogP contribution in [-0.4, -0.2) is 22.0 Å². The Labute approximate surface area is 128 Å². The first-order valence-corrected chi connectivity index (χ1v) is 7.16. The molecule has 3 rings (SSSR count). The number of hydrogen-bond donors (Lipinski definition) is 1. The van der Waals surface area contributed by atoms with Gasteiger partial charge in [-0.2, -0.15) is 10.3 Å². The second-order valence-electron chi connectivity index (χ2n) is 4.75. The van der Waals surface area contributed by atoms with E-state index in [0.717, 1.165) is 22.4 Å². The summed E-state index contributed by atoms with van der Waals surface area (Å²) in [7, 11) is 0. The molecular weight excluding hydrogens is 278 g/mol. The Morgan fingerprint density at radius 3 is 2.18 bits per heavy atom. The van der Waals surface area contributed by atoms with E-state index in [4.69, 9.17) is 9.47 Å². The van der Waals surface area contributed by atoms with Gasteiger partial charge in [0.1, 0.15) is 18.6 Å². The Bertz CT molecular complexity index is 692. The number of rotatable bonds is 6. The number of H-pyrrole nitrogens is 1. The highest BCUT2D eigenvalue weighted by atomic mass is 16.5. The van der Waals surface area contributed by atoms with Crippen molar-refractivity contribution < 1.29 is 9.47 Å². The molecule has 0 unspecified atom stereocenters. The second kappa shape index (κ2) is 6.76. The summed E-state index contributed by atoms with van der Waals surface area (Å²) in [6, 6.07) is 16.4. The SMILES string of the molecule is CCOc1ccc(-c2ccc(COc3cn[nH]n3)cc2)cc1. The molecule has 1 heterocycles. The van der Waals surface area contributed by atoms with Crippen molar-refractivity contribution in [2.45, 2.75) is 13.5 Å². The summed E-state index contributed by atoms with van der Waals surface area (Å²) in [4.78, 5) is 0. The number of hydrogen-bond acceptors (Lipinski definition) is 4. The number of nitrogens with zero attached hydrogens (tertiary/aromatic N) is 2. The van der Waals surface area contributed by atoms with E-state index in [0.29, 0.717) is 19.1 Å². The molecule has 2 aromatic carbocycles. The Morgan fingerprint density at radius 1 is 0.909 bits per heavy atom. The molecule has 0 fully saturated rings. The summed E-state index contributed by atoms with van der Waals surface area (Å²) in [6.07, 6.45) is 1.55. The van der Waals surface area contributed by atoms with Crippen molar-refractivity contribution in [3.05, 3.63) is 60.3 Å². The van der Waals surface area contributed by atoms with Crippen LogP contribution >= 0.6 is 0 Å². The molecule has 112 valence electrons. The van der Waals surface area contributed by atoms with Crippen molar-refractivity contribution in [3.8, 4) is 22.8 Å². The van der Waals surface area contributed by atoms with Crippen LogP contribution in [0.3, 0.4) is 0 Å². The normalized spacial score (nSPS) is 10.4. The molecular formula is C17H17N3O2. The summed E-state index contributed by atoms with van der Waals surface area (Å²) in [5.74, 6) is 1.39. The maximum atomic E-state index is 5.50. The van der Waals surface area contributed by atoms with Crippen LogP contribution in [-0.2, 0) is 6.61 Å². The van der Waals surface area contributed by atoms with Gasteiger partial charge < -0.3 is 9.47 Å². The lowest BCUT2D eigenvalue weighted by Crippen LogP contribution is -1.95. The van der Waals surface area contributed by atoms with Crippen LogP contribution in [0.5, 0.6) is 11.6 Å². The summed E-state index contributed by atoms with van der Waals surface area (Å²) >= 11 is 0. The lowest BCUT2D eigenvalue weighted by molar-refractivity contribution is 0.293. The quantitative estimate of drug-likeness (QED) is 0.756. The highest BCUT2D eigenvalue weighted by molar-refractivity contribution is 5.64. The molecule has 0 bridgehead atoms. The van der Waals surface area contributed by atoms with Crippen LogP contribution in [0.2, 0.25) is 0 Å². The van der Waals surface area contributed by atoms with Crippen molar-refractivity contribution >= 4 is 0 Å². The van der Waals surface area contributed by atoms with Crippen LogP contribution in [0.1, 0.15) is 12.5 Å². The van der Waals surface area contributed by atoms with Gasteiger partial charge in [0.25, 0.3) is 5.88 Å². The minimum atomic E-state index is 0.468. The summed E-state index contributed by atoms with van der Waals surface area (Å²) in [5, 5.41) is 10.1. The molecule has 0 saturated heterocycles. The van der Waals surface area contributed by atoms with Gasteiger partial charge in [0.15, 0.2) is 0 Å². The third-order valence-corrected chi connectivity index (χ3v) is 3.23. The monoisotopic (exact) mass is 295 g/mol. The average molecular weight is 295 g/mol. The molecule has 5 nitrogen and oxygen atoms in total. The first-order chi connectivity index (χ1) is 10.8. The van der Waals surface area contributed by atoms with Crippen LogP contribution in [0.25, 0.3) is 11.1 Å². The zero-order valence-corrected chi connectivity index (χ0v) is 12.3. The van der Waals surface area contributed by atoms with E-state index >= 15 is 0 Å². The molecule has 1 aromatic heterocycles. The van der Waals surface area contributed by atoms with Gasteiger partial charge >= 0.3 is 0 Å². The predicted molar refractivity (Wildman–Crippen MR) is 83.8 cm³/mol.